The van der Waals surface area contributed by atoms with Gasteiger partial charge in [-0.15, -0.1) is 0 Å². The number of aryl methyl sites for hydroxylation is 2. The van der Waals surface area contributed by atoms with Crippen LogP contribution in [0.15, 0.2) is 24.4 Å². The zero-order chi connectivity index (χ0) is 18.0. The van der Waals surface area contributed by atoms with Crippen molar-refractivity contribution in [3.63, 3.8) is 0 Å². The maximum atomic E-state index is 13.5. The van der Waals surface area contributed by atoms with Crippen molar-refractivity contribution in [2.75, 3.05) is 25.2 Å². The van der Waals surface area contributed by atoms with E-state index in [1.54, 1.807) is 19.4 Å². The monoisotopic (exact) mass is 343 g/mol. The number of nitrogens with zero attached hydrogens (tertiary/aromatic N) is 5. The molecule has 0 bridgehead atoms. The van der Waals surface area contributed by atoms with Crippen LogP contribution in [0.3, 0.4) is 0 Å². The molecule has 0 aliphatic heterocycles. The van der Waals surface area contributed by atoms with E-state index in [9.17, 15) is 4.39 Å². The number of benzene rings is 1. The van der Waals surface area contributed by atoms with Crippen LogP contribution in [0.1, 0.15) is 17.0 Å². The van der Waals surface area contributed by atoms with Crippen molar-refractivity contribution in [1.82, 2.24) is 19.7 Å². The molecule has 0 radical (unpaired) electrons. The predicted octanol–water partition coefficient (Wildman–Crippen LogP) is 2.77. The number of anilines is 1. The lowest BCUT2D eigenvalue weighted by Gasteiger charge is -2.23. The van der Waals surface area contributed by atoms with Crippen LogP contribution in [0.4, 0.5) is 10.2 Å². The molecule has 0 saturated carbocycles. The van der Waals surface area contributed by atoms with Gasteiger partial charge in [0.1, 0.15) is 11.6 Å². The highest BCUT2D eigenvalue weighted by molar-refractivity contribution is 5.75. The third kappa shape index (κ3) is 3.61. The summed E-state index contributed by atoms with van der Waals surface area (Å²) in [7, 11) is 3.60. The lowest BCUT2D eigenvalue weighted by Crippen LogP contribution is -2.28. The summed E-state index contributed by atoms with van der Waals surface area (Å²) in [6.45, 7) is 5.90. The molecule has 2 aromatic heterocycles. The highest BCUT2D eigenvalue weighted by Gasteiger charge is 2.16. The average Bonchev–Trinajstić information content (AvgIpc) is 2.83. The third-order valence-electron chi connectivity index (χ3n) is 4.39. The molecule has 0 unspecified atom stereocenters. The molecule has 1 aromatic carbocycles. The Balaban J connectivity index is 1.97. The lowest BCUT2D eigenvalue weighted by atomic mass is 10.2. The number of rotatable bonds is 6. The van der Waals surface area contributed by atoms with Crippen LogP contribution >= 0.6 is 0 Å². The minimum Gasteiger partial charge on any atom is -0.383 e. The maximum Gasteiger partial charge on any atom is 0.148 e. The fourth-order valence-corrected chi connectivity index (χ4v) is 2.84. The SMILES string of the molecule is COCCN(Cc1c(C)nn(C)c1C)c1cnc2ccc(F)cc2n1. The van der Waals surface area contributed by atoms with Crippen molar-refractivity contribution in [3.05, 3.63) is 47.2 Å². The van der Waals surface area contributed by atoms with E-state index >= 15 is 0 Å². The smallest absolute Gasteiger partial charge is 0.148 e. The summed E-state index contributed by atoms with van der Waals surface area (Å²) in [5.41, 5.74) is 4.46. The molecule has 25 heavy (non-hydrogen) atoms. The van der Waals surface area contributed by atoms with Crippen LogP contribution in [0, 0.1) is 19.7 Å². The quantitative estimate of drug-likeness (QED) is 0.689. The van der Waals surface area contributed by atoms with Gasteiger partial charge >= 0.3 is 0 Å². The Bertz CT molecular complexity index is 893. The van der Waals surface area contributed by atoms with E-state index in [0.717, 1.165) is 17.0 Å². The van der Waals surface area contributed by atoms with Crippen LogP contribution in [0.25, 0.3) is 11.0 Å². The minimum absolute atomic E-state index is 0.318. The van der Waals surface area contributed by atoms with Crippen LogP contribution in [-0.2, 0) is 18.3 Å². The highest BCUT2D eigenvalue weighted by atomic mass is 19.1. The van der Waals surface area contributed by atoms with Gasteiger partial charge in [0.2, 0.25) is 0 Å². The Labute approximate surface area is 146 Å². The number of halogens is 1. The molecule has 0 atom stereocenters. The molecule has 3 rings (SSSR count). The lowest BCUT2D eigenvalue weighted by molar-refractivity contribution is 0.205. The number of hydrogen-bond acceptors (Lipinski definition) is 5. The molecule has 2 heterocycles. The molecule has 0 aliphatic carbocycles. The summed E-state index contributed by atoms with van der Waals surface area (Å²) in [5, 5.41) is 4.47. The van der Waals surface area contributed by atoms with Gasteiger partial charge in [-0.1, -0.05) is 0 Å². The molecular weight excluding hydrogens is 321 g/mol. The van der Waals surface area contributed by atoms with Gasteiger partial charge in [-0.05, 0) is 26.0 Å². The molecule has 7 heteroatoms. The first kappa shape index (κ1) is 17.3. The third-order valence-corrected chi connectivity index (χ3v) is 4.39. The molecule has 0 N–H and O–H groups in total. The molecular formula is C18H22FN5O. The number of fused-ring (bicyclic) bond motifs is 1. The summed E-state index contributed by atoms with van der Waals surface area (Å²) >= 11 is 0. The van der Waals surface area contributed by atoms with Crippen LogP contribution in [0.5, 0.6) is 0 Å². The molecule has 0 spiro atoms. The fraction of sp³-hybridized carbons (Fsp3) is 0.389. The second-order valence-electron chi connectivity index (χ2n) is 6.05. The Morgan fingerprint density at radius 2 is 2.04 bits per heavy atom. The number of aromatic nitrogens is 4. The molecule has 132 valence electrons. The number of methoxy groups -OCH3 is 1. The predicted molar refractivity (Wildman–Crippen MR) is 95.1 cm³/mol. The molecule has 0 aliphatic rings. The van der Waals surface area contributed by atoms with E-state index in [0.29, 0.717) is 36.5 Å². The molecule has 0 amide bonds. The summed E-state index contributed by atoms with van der Waals surface area (Å²) < 4.78 is 20.6. The Hall–Kier alpha value is -2.54. The van der Waals surface area contributed by atoms with Gasteiger partial charge in [-0.3, -0.25) is 9.67 Å². The summed E-state index contributed by atoms with van der Waals surface area (Å²) in [6.07, 6.45) is 1.72. The van der Waals surface area contributed by atoms with E-state index in [1.807, 2.05) is 25.6 Å². The first-order valence-electron chi connectivity index (χ1n) is 8.15. The highest BCUT2D eigenvalue weighted by Crippen LogP contribution is 2.21. The van der Waals surface area contributed by atoms with Crippen LogP contribution in [0.2, 0.25) is 0 Å². The van der Waals surface area contributed by atoms with Crippen LogP contribution in [-0.4, -0.2) is 40.0 Å². The van der Waals surface area contributed by atoms with Gasteiger partial charge in [0.05, 0.1) is 29.5 Å². The minimum atomic E-state index is -0.318. The van der Waals surface area contributed by atoms with E-state index in [2.05, 4.69) is 20.0 Å². The van der Waals surface area contributed by atoms with Gasteiger partial charge in [-0.2, -0.15) is 5.10 Å². The zero-order valence-electron chi connectivity index (χ0n) is 15.0. The summed E-state index contributed by atoms with van der Waals surface area (Å²) in [6, 6.07) is 4.43. The first-order valence-corrected chi connectivity index (χ1v) is 8.15. The van der Waals surface area contributed by atoms with Crippen molar-refractivity contribution in [1.29, 1.82) is 0 Å². The van der Waals surface area contributed by atoms with Gasteiger partial charge < -0.3 is 9.64 Å². The van der Waals surface area contributed by atoms with Gasteiger partial charge in [0, 0.05) is 44.6 Å². The zero-order valence-corrected chi connectivity index (χ0v) is 15.0. The largest absolute Gasteiger partial charge is 0.383 e. The Morgan fingerprint density at radius 3 is 2.72 bits per heavy atom. The molecule has 0 saturated heterocycles. The van der Waals surface area contributed by atoms with Gasteiger partial charge in [0.25, 0.3) is 0 Å². The Kier molecular flexibility index (Phi) is 4.94. The second kappa shape index (κ2) is 7.14. The van der Waals surface area contributed by atoms with Gasteiger partial charge in [0.15, 0.2) is 0 Å². The van der Waals surface area contributed by atoms with Crippen LogP contribution < -0.4 is 4.90 Å². The van der Waals surface area contributed by atoms with Crippen molar-refractivity contribution < 1.29 is 9.13 Å². The van der Waals surface area contributed by atoms with E-state index in [4.69, 9.17) is 4.74 Å². The normalized spacial score (nSPS) is 11.2. The van der Waals surface area contributed by atoms with Gasteiger partial charge in [-0.25, -0.2) is 9.37 Å². The summed E-state index contributed by atoms with van der Waals surface area (Å²) in [5.74, 6) is 0.374. The van der Waals surface area contributed by atoms with E-state index in [1.165, 1.54) is 12.1 Å². The maximum absolute atomic E-state index is 13.5. The van der Waals surface area contributed by atoms with E-state index in [-0.39, 0.29) is 5.82 Å². The van der Waals surface area contributed by atoms with Crippen molar-refractivity contribution >= 4 is 16.9 Å². The Morgan fingerprint density at radius 1 is 1.24 bits per heavy atom. The number of ether oxygens (including phenoxy) is 1. The van der Waals surface area contributed by atoms with Crippen molar-refractivity contribution in [2.45, 2.75) is 20.4 Å². The second-order valence-corrected chi connectivity index (χ2v) is 6.05. The average molecular weight is 343 g/mol. The molecule has 0 fully saturated rings. The number of hydrogen-bond donors (Lipinski definition) is 0. The topological polar surface area (TPSA) is 56.1 Å². The fourth-order valence-electron chi connectivity index (χ4n) is 2.84. The molecule has 6 nitrogen and oxygen atoms in total. The summed E-state index contributed by atoms with van der Waals surface area (Å²) in [4.78, 5) is 11.1. The first-order chi connectivity index (χ1) is 12.0. The van der Waals surface area contributed by atoms with Crippen molar-refractivity contribution in [2.24, 2.45) is 7.05 Å². The van der Waals surface area contributed by atoms with Crippen molar-refractivity contribution in [3.8, 4) is 0 Å². The molecule has 3 aromatic rings. The standard InChI is InChI=1S/C18H22FN5O/c1-12-15(13(2)23(3)22-12)11-24(7-8-25-4)18-10-20-16-6-5-14(19)9-17(16)21-18/h5-6,9-10H,7-8,11H2,1-4H3. The van der Waals surface area contributed by atoms with E-state index < -0.39 is 0 Å².